The van der Waals surface area contributed by atoms with E-state index in [1.165, 1.54) is 0 Å². The fourth-order valence-corrected chi connectivity index (χ4v) is 1.77. The molecular weight excluding hydrogens is 240 g/mol. The summed E-state index contributed by atoms with van der Waals surface area (Å²) in [7, 11) is 0. The average Bonchev–Trinajstić information content (AvgIpc) is 2.15. The molecule has 0 bridgehead atoms. The van der Waals surface area contributed by atoms with Gasteiger partial charge in [0.2, 0.25) is 0 Å². The summed E-state index contributed by atoms with van der Waals surface area (Å²) < 4.78 is 0.905. The Morgan fingerprint density at radius 3 is 2.50 bits per heavy atom. The predicted molar refractivity (Wildman–Crippen MR) is 60.6 cm³/mol. The van der Waals surface area contributed by atoms with Crippen LogP contribution in [0, 0.1) is 17.2 Å². The predicted octanol–water partition coefficient (Wildman–Crippen LogP) is 2.98. The summed E-state index contributed by atoms with van der Waals surface area (Å²) in [6.45, 7) is 4.13. The van der Waals surface area contributed by atoms with Crippen molar-refractivity contribution in [3.8, 4) is 6.07 Å². The lowest BCUT2D eigenvalue weighted by Crippen LogP contribution is -2.16. The Bertz CT molecular complexity index is 366. The fraction of sp³-hybridized carbons (Fsp3) is 0.364. The van der Waals surface area contributed by atoms with Gasteiger partial charge in [-0.1, -0.05) is 29.8 Å². The molecule has 0 saturated heterocycles. The molecule has 0 radical (unpaired) electrons. The second kappa shape index (κ2) is 4.59. The molecule has 0 unspecified atom stereocenters. The summed E-state index contributed by atoms with van der Waals surface area (Å²) in [6, 6.07) is 7.70. The molecule has 1 aromatic carbocycles. The van der Waals surface area contributed by atoms with E-state index in [0.29, 0.717) is 11.5 Å². The molecule has 0 saturated carbocycles. The fourth-order valence-electron chi connectivity index (χ4n) is 1.25. The average molecular weight is 253 g/mol. The van der Waals surface area contributed by atoms with Crippen LogP contribution in [0.1, 0.15) is 31.0 Å². The second-order valence-electron chi connectivity index (χ2n) is 3.65. The number of hydrogen-bond acceptors (Lipinski definition) is 2. The quantitative estimate of drug-likeness (QED) is 0.880. The van der Waals surface area contributed by atoms with Crippen LogP contribution >= 0.6 is 15.9 Å². The highest BCUT2D eigenvalue weighted by molar-refractivity contribution is 9.10. The topological polar surface area (TPSA) is 49.8 Å². The Hall–Kier alpha value is -0.850. The van der Waals surface area contributed by atoms with Gasteiger partial charge in [0.25, 0.3) is 0 Å². The van der Waals surface area contributed by atoms with Crippen molar-refractivity contribution in [2.24, 2.45) is 11.7 Å². The van der Waals surface area contributed by atoms with Gasteiger partial charge in [-0.15, -0.1) is 0 Å². The first-order valence-corrected chi connectivity index (χ1v) is 5.30. The highest BCUT2D eigenvalue weighted by atomic mass is 79.9. The minimum Gasteiger partial charge on any atom is -0.324 e. The Labute approximate surface area is 92.9 Å². The molecule has 0 aliphatic rings. The minimum atomic E-state index is -0.0143. The van der Waals surface area contributed by atoms with Crippen LogP contribution in [0.15, 0.2) is 22.7 Å². The largest absolute Gasteiger partial charge is 0.324 e. The summed E-state index contributed by atoms with van der Waals surface area (Å²) in [5, 5.41) is 8.80. The molecule has 2 N–H and O–H groups in total. The van der Waals surface area contributed by atoms with E-state index >= 15 is 0 Å². The number of nitrogens with zero attached hydrogens (tertiary/aromatic N) is 1. The number of hydrogen-bond donors (Lipinski definition) is 1. The molecule has 2 nitrogen and oxygen atoms in total. The van der Waals surface area contributed by atoms with Crippen LogP contribution in [0.2, 0.25) is 0 Å². The van der Waals surface area contributed by atoms with Gasteiger partial charge in [-0.25, -0.2) is 0 Å². The highest BCUT2D eigenvalue weighted by Crippen LogP contribution is 2.23. The molecule has 0 amide bonds. The summed E-state index contributed by atoms with van der Waals surface area (Å²) in [5.41, 5.74) is 7.65. The van der Waals surface area contributed by atoms with Gasteiger partial charge in [0.1, 0.15) is 0 Å². The molecule has 0 spiro atoms. The van der Waals surface area contributed by atoms with Gasteiger partial charge in [-0.2, -0.15) is 5.26 Å². The van der Waals surface area contributed by atoms with Crippen molar-refractivity contribution in [2.45, 2.75) is 19.9 Å². The van der Waals surface area contributed by atoms with E-state index in [1.807, 2.05) is 12.1 Å². The van der Waals surface area contributed by atoms with Crippen LogP contribution in [-0.4, -0.2) is 0 Å². The zero-order chi connectivity index (χ0) is 10.7. The number of nitriles is 1. The second-order valence-corrected chi connectivity index (χ2v) is 4.57. The van der Waals surface area contributed by atoms with Crippen molar-refractivity contribution in [1.82, 2.24) is 0 Å². The zero-order valence-corrected chi connectivity index (χ0v) is 9.88. The maximum atomic E-state index is 8.80. The van der Waals surface area contributed by atoms with Crippen LogP contribution in [0.3, 0.4) is 0 Å². The maximum absolute atomic E-state index is 8.80. The smallest absolute Gasteiger partial charge is 0.0992 e. The Morgan fingerprint density at radius 1 is 1.36 bits per heavy atom. The highest BCUT2D eigenvalue weighted by Gasteiger charge is 2.11. The lowest BCUT2D eigenvalue weighted by Gasteiger charge is -2.16. The zero-order valence-electron chi connectivity index (χ0n) is 8.29. The van der Waals surface area contributed by atoms with Crippen molar-refractivity contribution in [2.75, 3.05) is 0 Å². The number of rotatable bonds is 2. The van der Waals surface area contributed by atoms with E-state index in [9.17, 15) is 0 Å². The Kier molecular flexibility index (Phi) is 3.68. The van der Waals surface area contributed by atoms with Crippen LogP contribution in [-0.2, 0) is 0 Å². The molecule has 3 heteroatoms. The van der Waals surface area contributed by atoms with E-state index in [2.05, 4.69) is 35.8 Å². The normalized spacial score (nSPS) is 12.6. The van der Waals surface area contributed by atoms with Gasteiger partial charge in [0.05, 0.1) is 11.6 Å². The molecule has 14 heavy (non-hydrogen) atoms. The molecule has 0 aliphatic heterocycles. The van der Waals surface area contributed by atoms with Crippen LogP contribution in [0.4, 0.5) is 0 Å². The van der Waals surface area contributed by atoms with Gasteiger partial charge in [0, 0.05) is 10.5 Å². The van der Waals surface area contributed by atoms with Gasteiger partial charge in [0.15, 0.2) is 0 Å². The molecule has 0 aromatic heterocycles. The summed E-state index contributed by atoms with van der Waals surface area (Å²) in [5.74, 6) is 0.371. The number of nitrogens with two attached hydrogens (primary N) is 1. The van der Waals surface area contributed by atoms with Crippen molar-refractivity contribution < 1.29 is 0 Å². The van der Waals surface area contributed by atoms with E-state index in [-0.39, 0.29) is 6.04 Å². The molecule has 0 aliphatic carbocycles. The molecule has 74 valence electrons. The SMILES string of the molecule is CC(C)[C@@H](N)c1cc(Br)cc(C#N)c1. The molecule has 1 aromatic rings. The standard InChI is InChI=1S/C11H13BrN2/c1-7(2)11(14)9-3-8(6-13)4-10(12)5-9/h3-5,7,11H,14H2,1-2H3/t11-/m1/s1. The van der Waals surface area contributed by atoms with Crippen molar-refractivity contribution in [1.29, 1.82) is 5.26 Å². The first-order valence-electron chi connectivity index (χ1n) is 4.50. The van der Waals surface area contributed by atoms with Gasteiger partial charge < -0.3 is 5.73 Å². The lowest BCUT2D eigenvalue weighted by atomic mass is 9.96. The van der Waals surface area contributed by atoms with E-state index in [0.717, 1.165) is 10.0 Å². The molecular formula is C11H13BrN2. The van der Waals surface area contributed by atoms with Gasteiger partial charge >= 0.3 is 0 Å². The Morgan fingerprint density at radius 2 is 2.00 bits per heavy atom. The minimum absolute atomic E-state index is 0.0143. The molecule has 1 atom stereocenters. The van der Waals surface area contributed by atoms with Crippen molar-refractivity contribution in [3.05, 3.63) is 33.8 Å². The van der Waals surface area contributed by atoms with Crippen molar-refractivity contribution >= 4 is 15.9 Å². The Balaban J connectivity index is 3.10. The first kappa shape index (κ1) is 11.2. The van der Waals surface area contributed by atoms with Crippen LogP contribution in [0.25, 0.3) is 0 Å². The third-order valence-electron chi connectivity index (χ3n) is 2.15. The third-order valence-corrected chi connectivity index (χ3v) is 2.61. The van der Waals surface area contributed by atoms with Gasteiger partial charge in [-0.3, -0.25) is 0 Å². The van der Waals surface area contributed by atoms with Crippen LogP contribution in [0.5, 0.6) is 0 Å². The van der Waals surface area contributed by atoms with Gasteiger partial charge in [-0.05, 0) is 29.7 Å². The number of halogens is 1. The lowest BCUT2D eigenvalue weighted by molar-refractivity contribution is 0.514. The first-order chi connectivity index (χ1) is 6.54. The molecule has 0 fully saturated rings. The summed E-state index contributed by atoms with van der Waals surface area (Å²) >= 11 is 3.36. The third kappa shape index (κ3) is 2.57. The maximum Gasteiger partial charge on any atom is 0.0992 e. The molecule has 1 rings (SSSR count). The van der Waals surface area contributed by atoms with Crippen molar-refractivity contribution in [3.63, 3.8) is 0 Å². The monoisotopic (exact) mass is 252 g/mol. The summed E-state index contributed by atoms with van der Waals surface area (Å²) in [4.78, 5) is 0. The van der Waals surface area contributed by atoms with E-state index < -0.39 is 0 Å². The number of benzene rings is 1. The van der Waals surface area contributed by atoms with Crippen LogP contribution < -0.4 is 5.73 Å². The summed E-state index contributed by atoms with van der Waals surface area (Å²) in [6.07, 6.45) is 0. The van der Waals surface area contributed by atoms with E-state index in [4.69, 9.17) is 11.0 Å². The molecule has 0 heterocycles. The van der Waals surface area contributed by atoms with E-state index in [1.54, 1.807) is 6.07 Å².